The number of aromatic amines is 1. The molecule has 1 aromatic carbocycles. The van der Waals surface area contributed by atoms with Crippen molar-refractivity contribution in [2.75, 3.05) is 0 Å². The van der Waals surface area contributed by atoms with E-state index in [1.54, 1.807) is 23.3 Å². The average molecular weight is 731 g/mol. The van der Waals surface area contributed by atoms with E-state index in [0.717, 1.165) is 6.54 Å². The Balaban J connectivity index is -0.000000312. The molecule has 1 N–H and O–H groups in total. The minimum atomic E-state index is 0. The van der Waals surface area contributed by atoms with Crippen molar-refractivity contribution in [1.29, 1.82) is 0 Å². The van der Waals surface area contributed by atoms with E-state index in [-0.39, 0.29) is 51.8 Å². The summed E-state index contributed by atoms with van der Waals surface area (Å²) in [5, 5.41) is 16.9. The van der Waals surface area contributed by atoms with Crippen LogP contribution in [0.2, 0.25) is 0 Å². The number of nitrogens with one attached hydrogen (secondary N) is 1. The van der Waals surface area contributed by atoms with E-state index < -0.39 is 0 Å². The van der Waals surface area contributed by atoms with Crippen molar-refractivity contribution in [2.24, 2.45) is 0 Å². The molecular weight excluding hydrogens is 715 g/mol. The van der Waals surface area contributed by atoms with Crippen molar-refractivity contribution in [3.63, 3.8) is 0 Å². The van der Waals surface area contributed by atoms with Crippen LogP contribution < -0.4 is 0 Å². The van der Waals surface area contributed by atoms with Crippen molar-refractivity contribution in [3.05, 3.63) is 68.1 Å². The zero-order chi connectivity index (χ0) is 13.8. The van der Waals surface area contributed by atoms with Gasteiger partial charge in [0.05, 0.1) is 25.1 Å². The van der Waals surface area contributed by atoms with Gasteiger partial charge < -0.3 is 7.43 Å². The van der Waals surface area contributed by atoms with Crippen LogP contribution in [-0.2, 0) is 27.0 Å². The number of aromatic nitrogens is 6. The summed E-state index contributed by atoms with van der Waals surface area (Å²) < 4.78 is 1.80. The van der Waals surface area contributed by atoms with Gasteiger partial charge >= 0.3 is 0 Å². The third kappa shape index (κ3) is 12.9. The van der Waals surface area contributed by atoms with Gasteiger partial charge in [0.1, 0.15) is 0 Å². The normalized spacial score (nSPS) is 7.55. The van der Waals surface area contributed by atoms with Crippen LogP contribution in [0.1, 0.15) is 5.56 Å². The number of rotatable bonds is 2. The third-order valence-electron chi connectivity index (χ3n) is 1.99. The van der Waals surface area contributed by atoms with Crippen molar-refractivity contribution in [1.82, 2.24) is 30.4 Å². The van der Waals surface area contributed by atoms with Crippen molar-refractivity contribution in [3.8, 4) is 0 Å². The molecule has 0 fully saturated rings. The van der Waals surface area contributed by atoms with Gasteiger partial charge in [-0.25, -0.2) is 4.68 Å². The molecule has 10 heteroatoms. The molecule has 3 aromatic rings. The van der Waals surface area contributed by atoms with Gasteiger partial charge in [0.15, 0.2) is 0 Å². The zero-order valence-corrected chi connectivity index (χ0v) is 19.8. The standard InChI is InChI=1S/C9H9N3.C2H3N3.CH3.I2.HI.Pd/c1-2-4-9(5-3-1)8-12-7-6-10-11-12;1-2-4-5-3-1;;1-2;;/h1-7H,8H2;1-2H,(H,3,4,5);1H3;;1H;/q;;-1;;;. The number of halogens is 3. The maximum Gasteiger partial charge on any atom is 0.0693 e. The summed E-state index contributed by atoms with van der Waals surface area (Å²) in [7, 11) is 0. The summed E-state index contributed by atoms with van der Waals surface area (Å²) in [6.07, 6.45) is 6.70. The molecule has 0 atom stereocenters. The summed E-state index contributed by atoms with van der Waals surface area (Å²) in [6, 6.07) is 10.2. The molecule has 0 spiro atoms. The smallest absolute Gasteiger partial charge is 0.0693 e. The summed E-state index contributed by atoms with van der Waals surface area (Å²) >= 11 is 4.24. The van der Waals surface area contributed by atoms with Gasteiger partial charge in [0.25, 0.3) is 0 Å². The Morgan fingerprint density at radius 2 is 1.59 bits per heavy atom. The fourth-order valence-corrected chi connectivity index (χ4v) is 1.25. The van der Waals surface area contributed by atoms with Crippen LogP contribution in [0.25, 0.3) is 0 Å². The quantitative estimate of drug-likeness (QED) is 0.246. The van der Waals surface area contributed by atoms with Gasteiger partial charge in [-0.2, -0.15) is 15.4 Å². The second-order valence-corrected chi connectivity index (χ2v) is 3.24. The number of H-pyrrole nitrogens is 1. The molecule has 0 saturated heterocycles. The van der Waals surface area contributed by atoms with Crippen LogP contribution >= 0.6 is 61.2 Å². The SMILES string of the molecule is I.II.[CH3-].[Pd].c1ccc(Cn2ccnn2)cc1.c1cn[nH]n1. The van der Waals surface area contributed by atoms with E-state index in [0.29, 0.717) is 0 Å². The minimum Gasteiger partial charge on any atom is -0.358 e. The van der Waals surface area contributed by atoms with Crippen molar-refractivity contribution < 1.29 is 20.4 Å². The van der Waals surface area contributed by atoms with Crippen LogP contribution in [0, 0.1) is 7.43 Å². The van der Waals surface area contributed by atoms with E-state index >= 15 is 0 Å². The molecular formula is C12H16I3N6Pd-. The molecule has 0 unspecified atom stereocenters. The molecule has 0 aliphatic heterocycles. The predicted octanol–water partition coefficient (Wildman–Crippen LogP) is 3.97. The average Bonchev–Trinajstić information content (AvgIpc) is 3.18. The van der Waals surface area contributed by atoms with Crippen molar-refractivity contribution >= 4 is 61.2 Å². The molecule has 0 bridgehead atoms. The van der Waals surface area contributed by atoms with Gasteiger partial charge in [-0.05, 0) is 5.56 Å². The van der Waals surface area contributed by atoms with Crippen LogP contribution in [0.4, 0.5) is 0 Å². The Morgan fingerprint density at radius 3 is 2.00 bits per heavy atom. The molecule has 22 heavy (non-hydrogen) atoms. The van der Waals surface area contributed by atoms with Crippen LogP contribution in [0.15, 0.2) is 55.1 Å². The van der Waals surface area contributed by atoms with Crippen molar-refractivity contribution in [2.45, 2.75) is 6.54 Å². The number of hydrogen-bond donors (Lipinski definition) is 1. The van der Waals surface area contributed by atoms with Gasteiger partial charge in [0, 0.05) is 63.9 Å². The Hall–Kier alpha value is 0.352. The van der Waals surface area contributed by atoms with E-state index in [1.807, 2.05) is 24.4 Å². The second-order valence-electron chi connectivity index (χ2n) is 3.24. The molecule has 0 amide bonds. The summed E-state index contributed by atoms with van der Waals surface area (Å²) in [5.41, 5.74) is 1.24. The molecule has 2 aromatic heterocycles. The minimum absolute atomic E-state index is 0. The Morgan fingerprint density at radius 1 is 1.00 bits per heavy atom. The van der Waals surface area contributed by atoms with Gasteiger partial charge in [-0.3, -0.25) is 0 Å². The zero-order valence-electron chi connectivity index (χ0n) is 11.6. The summed E-state index contributed by atoms with van der Waals surface area (Å²) in [5.74, 6) is 0. The number of hydrogen-bond acceptors (Lipinski definition) is 4. The van der Waals surface area contributed by atoms with Gasteiger partial charge in [-0.15, -0.1) is 29.1 Å². The van der Waals surface area contributed by atoms with Gasteiger partial charge in [-0.1, -0.05) is 35.5 Å². The first-order chi connectivity index (χ1) is 9.45. The van der Waals surface area contributed by atoms with Crippen LogP contribution in [-0.4, -0.2) is 30.4 Å². The maximum atomic E-state index is 3.88. The molecule has 0 radical (unpaired) electrons. The van der Waals surface area contributed by atoms with Crippen LogP contribution in [0.5, 0.6) is 0 Å². The Kier molecular flexibility index (Phi) is 24.0. The topological polar surface area (TPSA) is 72.3 Å². The van der Waals surface area contributed by atoms with E-state index in [2.05, 4.69) is 75.1 Å². The molecule has 0 aliphatic rings. The number of benzene rings is 1. The first kappa shape index (κ1) is 27.2. The third-order valence-corrected chi connectivity index (χ3v) is 1.99. The van der Waals surface area contributed by atoms with Crippen LogP contribution in [0.3, 0.4) is 0 Å². The fourth-order valence-electron chi connectivity index (χ4n) is 1.25. The van der Waals surface area contributed by atoms with E-state index in [9.17, 15) is 0 Å². The monoisotopic (exact) mass is 731 g/mol. The Labute approximate surface area is 184 Å². The fraction of sp³-hybridized carbons (Fsp3) is 0.0833. The number of nitrogens with zero attached hydrogens (tertiary/aromatic N) is 5. The second kappa shape index (κ2) is 19.4. The summed E-state index contributed by atoms with van der Waals surface area (Å²) in [4.78, 5) is 0. The summed E-state index contributed by atoms with van der Waals surface area (Å²) in [6.45, 7) is 0.792. The first-order valence-corrected chi connectivity index (χ1v) is 11.6. The molecule has 0 saturated carbocycles. The molecule has 0 aliphatic carbocycles. The van der Waals surface area contributed by atoms with E-state index in [1.165, 1.54) is 5.56 Å². The maximum absolute atomic E-state index is 3.88. The largest absolute Gasteiger partial charge is 0.358 e. The molecule has 3 rings (SSSR count). The molecule has 126 valence electrons. The Bertz CT molecular complexity index is 490. The van der Waals surface area contributed by atoms with Gasteiger partial charge in [0.2, 0.25) is 0 Å². The predicted molar refractivity (Wildman–Crippen MR) is 112 cm³/mol. The van der Waals surface area contributed by atoms with E-state index in [4.69, 9.17) is 0 Å². The molecule has 2 heterocycles. The first-order valence-electron chi connectivity index (χ1n) is 5.27. The molecule has 6 nitrogen and oxygen atoms in total.